The Morgan fingerprint density at radius 2 is 1.91 bits per heavy atom. The van der Waals surface area contributed by atoms with Crippen LogP contribution in [0.5, 0.6) is 0 Å². The number of hydrogen-bond acceptors (Lipinski definition) is 3. The van der Waals surface area contributed by atoms with Gasteiger partial charge < -0.3 is 5.32 Å². The van der Waals surface area contributed by atoms with Crippen LogP contribution in [0.3, 0.4) is 0 Å². The number of nitrogens with zero attached hydrogens (tertiary/aromatic N) is 2. The SMILES string of the molecule is c1ccc(-c2cc(-c3cc(C4CCNC4)n[nH]3)ccn2)cc1. The number of hydrogen-bond donors (Lipinski definition) is 2. The summed E-state index contributed by atoms with van der Waals surface area (Å²) in [6.07, 6.45) is 3.02. The first-order chi connectivity index (χ1) is 10.9. The lowest BCUT2D eigenvalue weighted by Gasteiger charge is -2.03. The molecule has 0 spiro atoms. The molecule has 4 nitrogen and oxygen atoms in total. The molecule has 1 atom stereocenters. The van der Waals surface area contributed by atoms with Gasteiger partial charge in [-0.05, 0) is 31.2 Å². The van der Waals surface area contributed by atoms with Crippen molar-refractivity contribution in [2.24, 2.45) is 0 Å². The van der Waals surface area contributed by atoms with Crippen LogP contribution in [0.4, 0.5) is 0 Å². The quantitative estimate of drug-likeness (QED) is 0.778. The Morgan fingerprint density at radius 1 is 1.00 bits per heavy atom. The Morgan fingerprint density at radius 3 is 2.73 bits per heavy atom. The fourth-order valence-corrected chi connectivity index (χ4v) is 2.97. The van der Waals surface area contributed by atoms with E-state index in [0.29, 0.717) is 5.92 Å². The fourth-order valence-electron chi connectivity index (χ4n) is 2.97. The van der Waals surface area contributed by atoms with Crippen molar-refractivity contribution >= 4 is 0 Å². The number of benzene rings is 1. The molecule has 0 aliphatic carbocycles. The highest BCUT2D eigenvalue weighted by molar-refractivity contribution is 5.68. The van der Waals surface area contributed by atoms with Crippen molar-refractivity contribution in [2.45, 2.75) is 12.3 Å². The molecule has 0 radical (unpaired) electrons. The summed E-state index contributed by atoms with van der Waals surface area (Å²) >= 11 is 0. The zero-order valence-electron chi connectivity index (χ0n) is 12.3. The van der Waals surface area contributed by atoms with Gasteiger partial charge in [-0.25, -0.2) is 0 Å². The second-order valence-corrected chi connectivity index (χ2v) is 5.69. The van der Waals surface area contributed by atoms with E-state index in [1.54, 1.807) is 0 Å². The van der Waals surface area contributed by atoms with Crippen LogP contribution in [0.1, 0.15) is 18.0 Å². The van der Waals surface area contributed by atoms with Crippen LogP contribution in [0.15, 0.2) is 54.7 Å². The summed E-state index contributed by atoms with van der Waals surface area (Å²) in [6, 6.07) is 16.5. The highest BCUT2D eigenvalue weighted by atomic mass is 15.1. The number of aromatic nitrogens is 3. The molecule has 1 aromatic carbocycles. The predicted molar refractivity (Wildman–Crippen MR) is 87.5 cm³/mol. The minimum Gasteiger partial charge on any atom is -0.316 e. The Labute approximate surface area is 129 Å². The van der Waals surface area contributed by atoms with Crippen molar-refractivity contribution in [1.82, 2.24) is 20.5 Å². The van der Waals surface area contributed by atoms with Gasteiger partial charge in [0.15, 0.2) is 0 Å². The molecule has 2 aromatic heterocycles. The van der Waals surface area contributed by atoms with Gasteiger partial charge in [-0.2, -0.15) is 5.10 Å². The summed E-state index contributed by atoms with van der Waals surface area (Å²) in [5.41, 5.74) is 5.44. The van der Waals surface area contributed by atoms with Gasteiger partial charge >= 0.3 is 0 Å². The van der Waals surface area contributed by atoms with Crippen LogP contribution >= 0.6 is 0 Å². The molecule has 0 saturated carbocycles. The molecular weight excluding hydrogens is 272 g/mol. The van der Waals surface area contributed by atoms with Crippen LogP contribution in [-0.4, -0.2) is 28.3 Å². The lowest BCUT2D eigenvalue weighted by atomic mass is 10.0. The zero-order valence-corrected chi connectivity index (χ0v) is 12.3. The maximum atomic E-state index is 4.49. The molecule has 0 bridgehead atoms. The minimum absolute atomic E-state index is 0.528. The second-order valence-electron chi connectivity index (χ2n) is 5.69. The predicted octanol–water partition coefficient (Wildman–Crippen LogP) is 3.22. The first-order valence-electron chi connectivity index (χ1n) is 7.68. The van der Waals surface area contributed by atoms with Crippen molar-refractivity contribution in [3.8, 4) is 22.5 Å². The molecule has 110 valence electrons. The average Bonchev–Trinajstić information content (AvgIpc) is 3.27. The van der Waals surface area contributed by atoms with Crippen LogP contribution in [0.25, 0.3) is 22.5 Å². The summed E-state index contributed by atoms with van der Waals surface area (Å²) < 4.78 is 0. The maximum absolute atomic E-state index is 4.49. The van der Waals surface area contributed by atoms with Gasteiger partial charge in [-0.1, -0.05) is 30.3 Å². The number of nitrogens with one attached hydrogen (secondary N) is 2. The first-order valence-corrected chi connectivity index (χ1v) is 7.68. The van der Waals surface area contributed by atoms with E-state index in [9.17, 15) is 0 Å². The van der Waals surface area contributed by atoms with Crippen molar-refractivity contribution < 1.29 is 0 Å². The topological polar surface area (TPSA) is 53.6 Å². The summed E-state index contributed by atoms with van der Waals surface area (Å²) in [5, 5.41) is 11.1. The molecule has 22 heavy (non-hydrogen) atoms. The molecular formula is C18H18N4. The Kier molecular flexibility index (Phi) is 3.45. The standard InChI is InChI=1S/C18H18N4/c1-2-4-13(5-3-1)16-10-14(7-9-20-16)17-11-18(22-21-17)15-6-8-19-12-15/h1-5,7,9-11,15,19H,6,8,12H2,(H,21,22). The molecule has 4 rings (SSSR count). The number of pyridine rings is 1. The van der Waals surface area contributed by atoms with Gasteiger partial charge in [-0.15, -0.1) is 0 Å². The molecule has 1 unspecified atom stereocenters. The summed E-state index contributed by atoms with van der Waals surface area (Å²) in [6.45, 7) is 2.11. The highest BCUT2D eigenvalue weighted by Crippen LogP contribution is 2.27. The van der Waals surface area contributed by atoms with E-state index >= 15 is 0 Å². The average molecular weight is 290 g/mol. The molecule has 1 saturated heterocycles. The number of H-pyrrole nitrogens is 1. The van der Waals surface area contributed by atoms with Gasteiger partial charge in [0.25, 0.3) is 0 Å². The number of aromatic amines is 1. The minimum atomic E-state index is 0.528. The van der Waals surface area contributed by atoms with Crippen LogP contribution in [0, 0.1) is 0 Å². The van der Waals surface area contributed by atoms with Crippen molar-refractivity contribution in [3.63, 3.8) is 0 Å². The van der Waals surface area contributed by atoms with E-state index in [4.69, 9.17) is 0 Å². The molecule has 1 fully saturated rings. The van der Waals surface area contributed by atoms with Crippen LogP contribution in [0.2, 0.25) is 0 Å². The van der Waals surface area contributed by atoms with Gasteiger partial charge in [-0.3, -0.25) is 10.1 Å². The van der Waals surface area contributed by atoms with E-state index in [-0.39, 0.29) is 0 Å². The zero-order chi connectivity index (χ0) is 14.8. The van der Waals surface area contributed by atoms with Gasteiger partial charge in [0.05, 0.1) is 17.1 Å². The van der Waals surface area contributed by atoms with Gasteiger partial charge in [0, 0.05) is 29.8 Å². The van der Waals surface area contributed by atoms with Crippen LogP contribution in [-0.2, 0) is 0 Å². The monoisotopic (exact) mass is 290 g/mol. The Balaban J connectivity index is 1.65. The fraction of sp³-hybridized carbons (Fsp3) is 0.222. The molecule has 1 aliphatic heterocycles. The summed E-state index contributed by atoms with van der Waals surface area (Å²) in [7, 11) is 0. The van der Waals surface area contributed by atoms with E-state index in [0.717, 1.165) is 47.7 Å². The summed E-state index contributed by atoms with van der Waals surface area (Å²) in [5.74, 6) is 0.528. The molecule has 4 heteroatoms. The Hall–Kier alpha value is -2.46. The lowest BCUT2D eigenvalue weighted by molar-refractivity contribution is 0.729. The van der Waals surface area contributed by atoms with Crippen molar-refractivity contribution in [3.05, 3.63) is 60.4 Å². The maximum Gasteiger partial charge on any atom is 0.0708 e. The normalized spacial score (nSPS) is 17.7. The van der Waals surface area contributed by atoms with Crippen LogP contribution < -0.4 is 5.32 Å². The first kappa shape index (κ1) is 13.2. The number of rotatable bonds is 3. The lowest BCUT2D eigenvalue weighted by Crippen LogP contribution is -2.08. The van der Waals surface area contributed by atoms with E-state index < -0.39 is 0 Å². The van der Waals surface area contributed by atoms with Gasteiger partial charge in [0.2, 0.25) is 0 Å². The second kappa shape index (κ2) is 5.73. The van der Waals surface area contributed by atoms with E-state index in [2.05, 4.69) is 44.8 Å². The Bertz CT molecular complexity index is 758. The molecule has 1 aliphatic rings. The third-order valence-corrected chi connectivity index (χ3v) is 4.22. The van der Waals surface area contributed by atoms with E-state index in [1.165, 1.54) is 0 Å². The molecule has 3 aromatic rings. The molecule has 2 N–H and O–H groups in total. The third-order valence-electron chi connectivity index (χ3n) is 4.22. The van der Waals surface area contributed by atoms with E-state index in [1.807, 2.05) is 30.5 Å². The highest BCUT2D eigenvalue weighted by Gasteiger charge is 2.19. The largest absolute Gasteiger partial charge is 0.316 e. The molecule has 3 heterocycles. The smallest absolute Gasteiger partial charge is 0.0708 e. The molecule has 0 amide bonds. The van der Waals surface area contributed by atoms with Crippen molar-refractivity contribution in [1.29, 1.82) is 0 Å². The summed E-state index contributed by atoms with van der Waals surface area (Å²) in [4.78, 5) is 4.48. The van der Waals surface area contributed by atoms with Crippen molar-refractivity contribution in [2.75, 3.05) is 13.1 Å². The van der Waals surface area contributed by atoms with Gasteiger partial charge in [0.1, 0.15) is 0 Å². The third kappa shape index (κ3) is 2.53.